The molecule has 0 aliphatic heterocycles. The van der Waals surface area contributed by atoms with E-state index in [1.54, 1.807) is 0 Å². The minimum atomic E-state index is -0.785. The van der Waals surface area contributed by atoms with E-state index >= 15 is 0 Å². The number of allylic oxidation sites excluding steroid dienone is 10. The first-order valence-corrected chi connectivity index (χ1v) is 30.8. The van der Waals surface area contributed by atoms with Gasteiger partial charge in [0.2, 0.25) is 0 Å². The van der Waals surface area contributed by atoms with E-state index in [1.165, 1.54) is 180 Å². The zero-order chi connectivity index (χ0) is 51.4. The predicted octanol–water partition coefficient (Wildman–Crippen LogP) is 20.8. The van der Waals surface area contributed by atoms with Gasteiger partial charge in [0.15, 0.2) is 6.10 Å². The van der Waals surface area contributed by atoms with Crippen LogP contribution < -0.4 is 0 Å². The van der Waals surface area contributed by atoms with E-state index in [1.807, 2.05) is 0 Å². The summed E-state index contributed by atoms with van der Waals surface area (Å²) >= 11 is 0. The Hall–Kier alpha value is -2.89. The molecule has 0 saturated carbocycles. The molecule has 0 aromatic heterocycles. The third kappa shape index (κ3) is 57.9. The molecule has 0 saturated heterocycles. The molecule has 0 radical (unpaired) electrons. The molecular weight excluding hydrogens is 877 g/mol. The average molecular weight is 994 g/mol. The van der Waals surface area contributed by atoms with Gasteiger partial charge in [-0.1, -0.05) is 274 Å². The normalized spacial score (nSPS) is 12.4. The van der Waals surface area contributed by atoms with Crippen molar-refractivity contribution in [1.82, 2.24) is 0 Å². The Balaban J connectivity index is 4.39. The molecule has 6 heteroatoms. The summed E-state index contributed by atoms with van der Waals surface area (Å²) in [7, 11) is 0. The van der Waals surface area contributed by atoms with Crippen LogP contribution >= 0.6 is 0 Å². The molecule has 412 valence electrons. The number of rotatable bonds is 56. The molecule has 0 unspecified atom stereocenters. The maximum absolute atomic E-state index is 12.9. The van der Waals surface area contributed by atoms with Gasteiger partial charge in [-0.2, -0.15) is 0 Å². The SMILES string of the molecule is CC/C=C\C/C=C\C/C=C\C/C=C\CCCCCCC(=O)OC[C@H](COC(=O)CCCCCCCCC/C=C\CCCCCCCC)OC(=O)CCCCCCCCCCCCCCCCCCCCC. The first-order valence-electron chi connectivity index (χ1n) is 30.8. The Morgan fingerprint density at radius 2 is 0.549 bits per heavy atom. The molecule has 0 aliphatic rings. The lowest BCUT2D eigenvalue weighted by molar-refractivity contribution is -0.167. The van der Waals surface area contributed by atoms with Crippen LogP contribution in [0, 0.1) is 0 Å². The van der Waals surface area contributed by atoms with Gasteiger partial charge >= 0.3 is 17.9 Å². The van der Waals surface area contributed by atoms with Crippen molar-refractivity contribution in [3.8, 4) is 0 Å². The van der Waals surface area contributed by atoms with Gasteiger partial charge in [0.1, 0.15) is 13.2 Å². The summed E-state index contributed by atoms with van der Waals surface area (Å²) in [6.45, 7) is 6.54. The summed E-state index contributed by atoms with van der Waals surface area (Å²) in [5.41, 5.74) is 0. The zero-order valence-electron chi connectivity index (χ0n) is 47.2. The Morgan fingerprint density at radius 3 is 0.873 bits per heavy atom. The van der Waals surface area contributed by atoms with E-state index in [4.69, 9.17) is 14.2 Å². The Labute approximate surface area is 440 Å². The second kappa shape index (κ2) is 59.7. The Morgan fingerprint density at radius 1 is 0.296 bits per heavy atom. The summed E-state index contributed by atoms with van der Waals surface area (Å²) < 4.78 is 16.9. The van der Waals surface area contributed by atoms with Gasteiger partial charge in [0.05, 0.1) is 0 Å². The predicted molar refractivity (Wildman–Crippen MR) is 307 cm³/mol. The second-order valence-corrected chi connectivity index (χ2v) is 20.6. The molecule has 0 heterocycles. The molecule has 0 aromatic carbocycles. The molecule has 0 spiro atoms. The fourth-order valence-corrected chi connectivity index (χ4v) is 8.90. The lowest BCUT2D eigenvalue weighted by Crippen LogP contribution is -2.30. The highest BCUT2D eigenvalue weighted by atomic mass is 16.6. The molecule has 1 atom stereocenters. The fraction of sp³-hybridized carbons (Fsp3) is 0.800. The van der Waals surface area contributed by atoms with Crippen LogP contribution in [0.4, 0.5) is 0 Å². The van der Waals surface area contributed by atoms with Crippen LogP contribution in [0.15, 0.2) is 60.8 Å². The first kappa shape index (κ1) is 68.1. The number of hydrogen-bond donors (Lipinski definition) is 0. The standard InChI is InChI=1S/C65H116O6/c1-4-7-10-13-16-19-22-25-28-31-32-35-38-41-44-47-50-53-56-59-65(68)71-62(60-69-63(66)57-54-51-48-45-42-39-36-33-29-26-23-20-17-14-11-8-5-2)61-70-64(67)58-55-52-49-46-43-40-37-34-30-27-24-21-18-15-12-9-6-3/h8,11,17,20,26-27,29-30,36,39,62H,4-7,9-10,12-16,18-19,21-25,28,31-35,37-38,40-61H2,1-3H3/b11-8-,20-17-,29-26-,30-27-,39-36-/t62-/m1/s1. The van der Waals surface area contributed by atoms with E-state index < -0.39 is 6.10 Å². The van der Waals surface area contributed by atoms with Gasteiger partial charge in [0, 0.05) is 19.3 Å². The van der Waals surface area contributed by atoms with Gasteiger partial charge in [-0.3, -0.25) is 14.4 Å². The molecule has 0 aromatic rings. The summed E-state index contributed by atoms with van der Waals surface area (Å²) in [4.78, 5) is 38.3. The van der Waals surface area contributed by atoms with E-state index in [-0.39, 0.29) is 31.1 Å². The van der Waals surface area contributed by atoms with E-state index in [2.05, 4.69) is 81.5 Å². The van der Waals surface area contributed by atoms with Gasteiger partial charge in [-0.15, -0.1) is 0 Å². The second-order valence-electron chi connectivity index (χ2n) is 20.6. The zero-order valence-corrected chi connectivity index (χ0v) is 47.2. The lowest BCUT2D eigenvalue weighted by Gasteiger charge is -2.18. The summed E-state index contributed by atoms with van der Waals surface area (Å²) in [6, 6.07) is 0. The number of carbonyl (C=O) groups excluding carboxylic acids is 3. The molecule has 0 amide bonds. The number of ether oxygens (including phenoxy) is 3. The van der Waals surface area contributed by atoms with Crippen LogP contribution in [0.2, 0.25) is 0 Å². The van der Waals surface area contributed by atoms with Crippen molar-refractivity contribution in [2.24, 2.45) is 0 Å². The van der Waals surface area contributed by atoms with Gasteiger partial charge in [-0.05, 0) is 83.5 Å². The third-order valence-corrected chi connectivity index (χ3v) is 13.5. The molecule has 0 aliphatic carbocycles. The molecule has 0 fully saturated rings. The van der Waals surface area contributed by atoms with Crippen molar-refractivity contribution in [3.63, 3.8) is 0 Å². The summed E-state index contributed by atoms with van der Waals surface area (Å²) in [5.74, 6) is -0.893. The van der Waals surface area contributed by atoms with Crippen molar-refractivity contribution in [2.45, 2.75) is 322 Å². The number of esters is 3. The molecule has 0 bridgehead atoms. The van der Waals surface area contributed by atoms with E-state index in [0.29, 0.717) is 19.3 Å². The minimum absolute atomic E-state index is 0.0816. The van der Waals surface area contributed by atoms with Crippen LogP contribution in [-0.2, 0) is 28.6 Å². The first-order chi connectivity index (χ1) is 35.0. The van der Waals surface area contributed by atoms with Crippen molar-refractivity contribution in [2.75, 3.05) is 13.2 Å². The van der Waals surface area contributed by atoms with Crippen molar-refractivity contribution >= 4 is 17.9 Å². The summed E-state index contributed by atoms with van der Waals surface area (Å²) in [6.07, 6.45) is 75.0. The smallest absolute Gasteiger partial charge is 0.306 e. The van der Waals surface area contributed by atoms with Crippen molar-refractivity contribution < 1.29 is 28.6 Å². The fourth-order valence-electron chi connectivity index (χ4n) is 8.90. The molecule has 0 rings (SSSR count). The number of hydrogen-bond acceptors (Lipinski definition) is 6. The molecule has 71 heavy (non-hydrogen) atoms. The maximum Gasteiger partial charge on any atom is 0.306 e. The highest BCUT2D eigenvalue weighted by Crippen LogP contribution is 2.17. The number of unbranched alkanes of at least 4 members (excludes halogenated alkanes) is 35. The van der Waals surface area contributed by atoms with Crippen molar-refractivity contribution in [3.05, 3.63) is 60.8 Å². The van der Waals surface area contributed by atoms with Crippen LogP contribution in [0.3, 0.4) is 0 Å². The Bertz CT molecular complexity index is 1280. The molecule has 0 N–H and O–H groups in total. The maximum atomic E-state index is 12.9. The van der Waals surface area contributed by atoms with E-state index in [0.717, 1.165) is 96.3 Å². The monoisotopic (exact) mass is 993 g/mol. The number of carbonyl (C=O) groups is 3. The van der Waals surface area contributed by atoms with Gasteiger partial charge in [0.25, 0.3) is 0 Å². The quantitative estimate of drug-likeness (QED) is 0.0261. The molecular formula is C65H116O6. The average Bonchev–Trinajstić information content (AvgIpc) is 3.37. The third-order valence-electron chi connectivity index (χ3n) is 13.5. The highest BCUT2D eigenvalue weighted by Gasteiger charge is 2.19. The van der Waals surface area contributed by atoms with E-state index in [9.17, 15) is 14.4 Å². The lowest BCUT2D eigenvalue weighted by atomic mass is 10.0. The Kier molecular flexibility index (Phi) is 57.2. The van der Waals surface area contributed by atoms with Crippen LogP contribution in [-0.4, -0.2) is 37.2 Å². The van der Waals surface area contributed by atoms with Crippen molar-refractivity contribution in [1.29, 1.82) is 0 Å². The summed E-state index contributed by atoms with van der Waals surface area (Å²) in [5, 5.41) is 0. The van der Waals surface area contributed by atoms with Crippen LogP contribution in [0.25, 0.3) is 0 Å². The van der Waals surface area contributed by atoms with Crippen LogP contribution in [0.1, 0.15) is 316 Å². The van der Waals surface area contributed by atoms with Crippen LogP contribution in [0.5, 0.6) is 0 Å². The molecule has 6 nitrogen and oxygen atoms in total. The largest absolute Gasteiger partial charge is 0.462 e. The van der Waals surface area contributed by atoms with Gasteiger partial charge in [-0.25, -0.2) is 0 Å². The van der Waals surface area contributed by atoms with Gasteiger partial charge < -0.3 is 14.2 Å². The minimum Gasteiger partial charge on any atom is -0.462 e. The topological polar surface area (TPSA) is 78.9 Å². The highest BCUT2D eigenvalue weighted by molar-refractivity contribution is 5.71.